The van der Waals surface area contributed by atoms with Crippen molar-refractivity contribution in [3.8, 4) is 0 Å². The monoisotopic (exact) mass is 260 g/mol. The quantitative estimate of drug-likeness (QED) is 0.634. The molecule has 0 spiro atoms. The lowest BCUT2D eigenvalue weighted by Gasteiger charge is -2.04. The number of H-pyrrole nitrogens is 1. The Bertz CT molecular complexity index is 480. The van der Waals surface area contributed by atoms with Gasteiger partial charge in [0.05, 0.1) is 12.7 Å². The summed E-state index contributed by atoms with van der Waals surface area (Å²) in [7, 11) is -3.69. The standard InChI is InChI=1S/C9H16N4O3S/c1-3-7-11-6-9(13-7)17(15,16)12-5-8(14)10-4-2/h6,12H,3-5H2,1-2H3,(H,10,14)(H,11,13). The molecule has 96 valence electrons. The van der Waals surface area contributed by atoms with E-state index in [4.69, 9.17) is 0 Å². The summed E-state index contributed by atoms with van der Waals surface area (Å²) in [6, 6.07) is 0. The lowest BCUT2D eigenvalue weighted by molar-refractivity contribution is -0.119. The van der Waals surface area contributed by atoms with E-state index < -0.39 is 10.0 Å². The number of rotatable bonds is 6. The van der Waals surface area contributed by atoms with Gasteiger partial charge in [-0.15, -0.1) is 0 Å². The molecule has 1 aromatic rings. The van der Waals surface area contributed by atoms with Gasteiger partial charge in [0.1, 0.15) is 5.82 Å². The van der Waals surface area contributed by atoms with Gasteiger partial charge in [-0.2, -0.15) is 0 Å². The van der Waals surface area contributed by atoms with E-state index in [2.05, 4.69) is 20.0 Å². The molecule has 0 saturated carbocycles. The smallest absolute Gasteiger partial charge is 0.258 e. The Kier molecular flexibility index (Phi) is 4.64. The molecule has 3 N–H and O–H groups in total. The van der Waals surface area contributed by atoms with E-state index >= 15 is 0 Å². The van der Waals surface area contributed by atoms with Crippen LogP contribution in [0.15, 0.2) is 11.2 Å². The van der Waals surface area contributed by atoms with Crippen LogP contribution >= 0.6 is 0 Å². The number of hydrogen-bond donors (Lipinski definition) is 3. The molecule has 0 aliphatic carbocycles. The molecular formula is C9H16N4O3S. The largest absolute Gasteiger partial charge is 0.355 e. The highest BCUT2D eigenvalue weighted by molar-refractivity contribution is 7.89. The lowest BCUT2D eigenvalue weighted by Crippen LogP contribution is -2.36. The molecule has 1 aromatic heterocycles. The van der Waals surface area contributed by atoms with Crippen molar-refractivity contribution in [1.29, 1.82) is 0 Å². The maximum absolute atomic E-state index is 11.7. The summed E-state index contributed by atoms with van der Waals surface area (Å²) in [5, 5.41) is 2.47. The van der Waals surface area contributed by atoms with Crippen LogP contribution in [0.5, 0.6) is 0 Å². The van der Waals surface area contributed by atoms with E-state index in [9.17, 15) is 13.2 Å². The van der Waals surface area contributed by atoms with Crippen molar-refractivity contribution in [2.45, 2.75) is 25.3 Å². The maximum Gasteiger partial charge on any atom is 0.258 e. The fraction of sp³-hybridized carbons (Fsp3) is 0.556. The highest BCUT2D eigenvalue weighted by Gasteiger charge is 2.17. The summed E-state index contributed by atoms with van der Waals surface area (Å²) in [6.07, 6.45) is 1.85. The van der Waals surface area contributed by atoms with Gasteiger partial charge in [0.2, 0.25) is 5.91 Å². The van der Waals surface area contributed by atoms with Crippen LogP contribution in [0.4, 0.5) is 0 Å². The molecular weight excluding hydrogens is 244 g/mol. The van der Waals surface area contributed by atoms with Crippen LogP contribution < -0.4 is 10.0 Å². The van der Waals surface area contributed by atoms with Gasteiger partial charge < -0.3 is 10.3 Å². The van der Waals surface area contributed by atoms with Crippen molar-refractivity contribution in [1.82, 2.24) is 20.0 Å². The number of aromatic amines is 1. The molecule has 1 rings (SSSR count). The van der Waals surface area contributed by atoms with E-state index in [0.29, 0.717) is 18.8 Å². The average Bonchev–Trinajstić information content (AvgIpc) is 2.76. The van der Waals surface area contributed by atoms with Crippen molar-refractivity contribution >= 4 is 15.9 Å². The first-order valence-electron chi connectivity index (χ1n) is 5.29. The van der Waals surface area contributed by atoms with Gasteiger partial charge in [-0.3, -0.25) is 4.79 Å². The molecule has 0 aliphatic heterocycles. The van der Waals surface area contributed by atoms with E-state index in [0.717, 1.165) is 0 Å². The Morgan fingerprint density at radius 2 is 2.18 bits per heavy atom. The van der Waals surface area contributed by atoms with Gasteiger partial charge >= 0.3 is 0 Å². The average molecular weight is 260 g/mol. The predicted molar refractivity (Wildman–Crippen MR) is 61.8 cm³/mol. The number of nitrogens with one attached hydrogen (secondary N) is 3. The van der Waals surface area contributed by atoms with Crippen molar-refractivity contribution < 1.29 is 13.2 Å². The number of hydrogen-bond acceptors (Lipinski definition) is 4. The van der Waals surface area contributed by atoms with Crippen LogP contribution in [0, 0.1) is 0 Å². The van der Waals surface area contributed by atoms with Crippen LogP contribution in [0.1, 0.15) is 19.7 Å². The SMILES string of the molecule is CCNC(=O)CNS(=O)(=O)c1cnc(CC)[nH]1. The van der Waals surface area contributed by atoms with Gasteiger partial charge in [-0.25, -0.2) is 18.1 Å². The van der Waals surface area contributed by atoms with Crippen molar-refractivity contribution in [3.05, 3.63) is 12.0 Å². The van der Waals surface area contributed by atoms with Gasteiger partial charge in [0, 0.05) is 13.0 Å². The molecule has 0 fully saturated rings. The first kappa shape index (κ1) is 13.7. The molecule has 8 heteroatoms. The van der Waals surface area contributed by atoms with Crippen LogP contribution in [-0.4, -0.2) is 37.4 Å². The normalized spacial score (nSPS) is 11.4. The second kappa shape index (κ2) is 5.78. The molecule has 0 aromatic carbocycles. The third kappa shape index (κ3) is 3.82. The van der Waals surface area contributed by atoms with E-state index in [1.165, 1.54) is 6.20 Å². The Labute approximate surface area is 100 Å². The second-order valence-corrected chi connectivity index (χ2v) is 5.06. The number of aryl methyl sites for hydroxylation is 1. The summed E-state index contributed by atoms with van der Waals surface area (Å²) in [6.45, 7) is 3.80. The fourth-order valence-electron chi connectivity index (χ4n) is 1.16. The van der Waals surface area contributed by atoms with Gasteiger partial charge in [0.15, 0.2) is 5.03 Å². The van der Waals surface area contributed by atoms with Crippen molar-refractivity contribution in [2.24, 2.45) is 0 Å². The number of likely N-dealkylation sites (N-methyl/N-ethyl adjacent to an activating group) is 1. The minimum Gasteiger partial charge on any atom is -0.355 e. The minimum atomic E-state index is -3.69. The third-order valence-corrected chi connectivity index (χ3v) is 3.34. The van der Waals surface area contributed by atoms with Crippen molar-refractivity contribution in [3.63, 3.8) is 0 Å². The zero-order chi connectivity index (χ0) is 12.9. The van der Waals surface area contributed by atoms with Gasteiger partial charge in [-0.05, 0) is 6.92 Å². The highest BCUT2D eigenvalue weighted by atomic mass is 32.2. The lowest BCUT2D eigenvalue weighted by atomic mass is 10.5. The second-order valence-electron chi connectivity index (χ2n) is 3.33. The van der Waals surface area contributed by atoms with Crippen LogP contribution in [-0.2, 0) is 21.2 Å². The summed E-state index contributed by atoms with van der Waals surface area (Å²) in [5.74, 6) is 0.217. The van der Waals surface area contributed by atoms with Gasteiger partial charge in [-0.1, -0.05) is 6.92 Å². The third-order valence-electron chi connectivity index (χ3n) is 2.03. The Balaban J connectivity index is 2.65. The first-order chi connectivity index (χ1) is 7.99. The number of amides is 1. The van der Waals surface area contributed by atoms with E-state index in [1.54, 1.807) is 6.92 Å². The molecule has 0 saturated heterocycles. The Morgan fingerprint density at radius 3 is 2.71 bits per heavy atom. The summed E-state index contributed by atoms with van der Waals surface area (Å²) in [4.78, 5) is 17.7. The number of nitrogens with zero attached hydrogens (tertiary/aromatic N) is 1. The molecule has 1 heterocycles. The summed E-state index contributed by atoms with van der Waals surface area (Å²) >= 11 is 0. The molecule has 0 radical (unpaired) electrons. The fourth-order valence-corrected chi connectivity index (χ4v) is 2.08. The number of imidazole rings is 1. The molecule has 7 nitrogen and oxygen atoms in total. The number of aromatic nitrogens is 2. The Morgan fingerprint density at radius 1 is 1.47 bits per heavy atom. The maximum atomic E-state index is 11.7. The zero-order valence-electron chi connectivity index (χ0n) is 9.78. The number of carbonyl (C=O) groups is 1. The molecule has 0 atom stereocenters. The minimum absolute atomic E-state index is 0.0290. The Hall–Kier alpha value is -1.41. The van der Waals surface area contributed by atoms with Crippen LogP contribution in [0.2, 0.25) is 0 Å². The first-order valence-corrected chi connectivity index (χ1v) is 6.78. The predicted octanol–water partition coefficient (Wildman–Crippen LogP) is -0.613. The summed E-state index contributed by atoms with van der Waals surface area (Å²) < 4.78 is 25.6. The van der Waals surface area contributed by atoms with E-state index in [-0.39, 0.29) is 17.5 Å². The highest BCUT2D eigenvalue weighted by Crippen LogP contribution is 2.05. The molecule has 0 aliphatic rings. The topological polar surface area (TPSA) is 104 Å². The number of sulfonamides is 1. The number of carbonyl (C=O) groups excluding carboxylic acids is 1. The van der Waals surface area contributed by atoms with Crippen molar-refractivity contribution in [2.75, 3.05) is 13.1 Å². The molecule has 0 unspecified atom stereocenters. The van der Waals surface area contributed by atoms with Crippen LogP contribution in [0.25, 0.3) is 0 Å². The molecule has 0 bridgehead atoms. The van der Waals surface area contributed by atoms with E-state index in [1.807, 2.05) is 6.92 Å². The van der Waals surface area contributed by atoms with Gasteiger partial charge in [0.25, 0.3) is 10.0 Å². The summed E-state index contributed by atoms with van der Waals surface area (Å²) in [5.41, 5.74) is 0. The molecule has 1 amide bonds. The van der Waals surface area contributed by atoms with Crippen LogP contribution in [0.3, 0.4) is 0 Å². The zero-order valence-corrected chi connectivity index (χ0v) is 10.6. The molecule has 17 heavy (non-hydrogen) atoms.